The summed E-state index contributed by atoms with van der Waals surface area (Å²) >= 11 is 0. The summed E-state index contributed by atoms with van der Waals surface area (Å²) in [5.41, 5.74) is 0.607. The van der Waals surface area contributed by atoms with Crippen molar-refractivity contribution in [2.75, 3.05) is 10.6 Å². The zero-order valence-corrected chi connectivity index (χ0v) is 12.3. The number of amides is 1. The van der Waals surface area contributed by atoms with Crippen LogP contribution in [0.5, 0.6) is 0 Å². The molecule has 0 saturated heterocycles. The zero-order valence-electron chi connectivity index (χ0n) is 12.3. The molecule has 0 atom stereocenters. The van der Waals surface area contributed by atoms with Gasteiger partial charge in [0.1, 0.15) is 17.5 Å². The first-order chi connectivity index (χ1) is 11.5. The van der Waals surface area contributed by atoms with Crippen molar-refractivity contribution in [1.29, 1.82) is 5.26 Å². The highest BCUT2D eigenvalue weighted by Gasteiger charge is 2.09. The van der Waals surface area contributed by atoms with Gasteiger partial charge in [0.15, 0.2) is 0 Å². The Kier molecular flexibility index (Phi) is 5.26. The number of carboxylic acid groups (broad SMARTS) is 1. The Morgan fingerprint density at radius 1 is 1.12 bits per heavy atom. The van der Waals surface area contributed by atoms with Gasteiger partial charge >= 0.3 is 5.97 Å². The van der Waals surface area contributed by atoms with Crippen molar-refractivity contribution >= 4 is 23.3 Å². The average molecular weight is 325 g/mol. The van der Waals surface area contributed by atoms with Gasteiger partial charge in [0.05, 0.1) is 5.56 Å². The van der Waals surface area contributed by atoms with Crippen LogP contribution in [0.25, 0.3) is 0 Å². The molecule has 24 heavy (non-hydrogen) atoms. The molecule has 0 spiro atoms. The van der Waals surface area contributed by atoms with Crippen LogP contribution in [0.2, 0.25) is 0 Å². The number of rotatable bonds is 5. The number of hydrogen-bond donors (Lipinski definition) is 3. The fourth-order valence-electron chi connectivity index (χ4n) is 1.78. The standard InChI is InChI=1S/C17H12FN3O3/c18-13-4-6-14(7-5-13)21-16(22)12(9-19)10-20-15-3-1-2-11(8-15)17(23)24/h1-8,10,20H,(H,21,22)(H,23,24)/b12-10-. The Balaban J connectivity index is 2.10. The lowest BCUT2D eigenvalue weighted by atomic mass is 10.2. The van der Waals surface area contributed by atoms with Crippen LogP contribution >= 0.6 is 0 Å². The summed E-state index contributed by atoms with van der Waals surface area (Å²) in [5.74, 6) is -2.20. The van der Waals surface area contributed by atoms with Gasteiger partial charge in [-0.05, 0) is 42.5 Å². The van der Waals surface area contributed by atoms with E-state index in [-0.39, 0.29) is 11.1 Å². The molecule has 7 heteroatoms. The number of nitriles is 1. The normalized spacial score (nSPS) is 10.6. The molecular weight excluding hydrogens is 313 g/mol. The number of nitrogens with zero attached hydrogens (tertiary/aromatic N) is 1. The highest BCUT2D eigenvalue weighted by atomic mass is 19.1. The van der Waals surface area contributed by atoms with Crippen molar-refractivity contribution in [3.8, 4) is 6.07 Å². The van der Waals surface area contributed by atoms with E-state index < -0.39 is 17.7 Å². The van der Waals surface area contributed by atoms with Crippen LogP contribution in [-0.4, -0.2) is 17.0 Å². The van der Waals surface area contributed by atoms with E-state index in [9.17, 15) is 14.0 Å². The van der Waals surface area contributed by atoms with Crippen molar-refractivity contribution in [3.63, 3.8) is 0 Å². The maximum absolute atomic E-state index is 12.8. The molecule has 0 bridgehead atoms. The third-order valence-electron chi connectivity index (χ3n) is 2.96. The minimum Gasteiger partial charge on any atom is -0.478 e. The maximum Gasteiger partial charge on any atom is 0.335 e. The summed E-state index contributed by atoms with van der Waals surface area (Å²) in [6.45, 7) is 0. The van der Waals surface area contributed by atoms with Crippen LogP contribution in [0.1, 0.15) is 10.4 Å². The molecule has 0 aromatic heterocycles. The van der Waals surface area contributed by atoms with Crippen LogP contribution in [0.15, 0.2) is 60.3 Å². The highest BCUT2D eigenvalue weighted by Crippen LogP contribution is 2.13. The quantitative estimate of drug-likeness (QED) is 0.579. The largest absolute Gasteiger partial charge is 0.478 e. The molecule has 120 valence electrons. The van der Waals surface area contributed by atoms with Crippen molar-refractivity contribution < 1.29 is 19.1 Å². The number of carbonyl (C=O) groups excluding carboxylic acids is 1. The van der Waals surface area contributed by atoms with E-state index in [0.717, 1.165) is 0 Å². The summed E-state index contributed by atoms with van der Waals surface area (Å²) in [6.07, 6.45) is 1.17. The van der Waals surface area contributed by atoms with Crippen LogP contribution in [0.3, 0.4) is 0 Å². The molecule has 2 rings (SSSR count). The third kappa shape index (κ3) is 4.42. The van der Waals surface area contributed by atoms with Crippen LogP contribution < -0.4 is 10.6 Å². The van der Waals surface area contributed by atoms with E-state index in [1.165, 1.54) is 48.7 Å². The Morgan fingerprint density at radius 2 is 1.83 bits per heavy atom. The number of halogens is 1. The fourth-order valence-corrected chi connectivity index (χ4v) is 1.78. The van der Waals surface area contributed by atoms with E-state index >= 15 is 0 Å². The summed E-state index contributed by atoms with van der Waals surface area (Å²) in [7, 11) is 0. The molecule has 3 N–H and O–H groups in total. The topological polar surface area (TPSA) is 102 Å². The molecule has 0 aliphatic heterocycles. The second-order valence-electron chi connectivity index (χ2n) is 4.66. The van der Waals surface area contributed by atoms with Gasteiger partial charge < -0.3 is 15.7 Å². The van der Waals surface area contributed by atoms with Gasteiger partial charge in [-0.15, -0.1) is 0 Å². The number of aromatic carboxylic acids is 1. The molecule has 2 aromatic carbocycles. The SMILES string of the molecule is N#C/C(=C/Nc1cccc(C(=O)O)c1)C(=O)Nc1ccc(F)cc1. The van der Waals surface area contributed by atoms with Gasteiger partial charge in [-0.3, -0.25) is 4.79 Å². The molecule has 0 aliphatic carbocycles. The molecule has 6 nitrogen and oxygen atoms in total. The van der Waals surface area contributed by atoms with Gasteiger partial charge in [0, 0.05) is 17.6 Å². The molecule has 0 fully saturated rings. The predicted octanol–water partition coefficient (Wildman–Crippen LogP) is 2.98. The van der Waals surface area contributed by atoms with Crippen molar-refractivity contribution in [2.45, 2.75) is 0 Å². The van der Waals surface area contributed by atoms with Gasteiger partial charge in [-0.25, -0.2) is 9.18 Å². The summed E-state index contributed by atoms with van der Waals surface area (Å²) in [5, 5.41) is 23.1. The number of benzene rings is 2. The molecule has 0 saturated carbocycles. The highest BCUT2D eigenvalue weighted by molar-refractivity contribution is 6.06. The van der Waals surface area contributed by atoms with Crippen molar-refractivity contribution in [3.05, 3.63) is 71.7 Å². The Morgan fingerprint density at radius 3 is 2.46 bits per heavy atom. The molecule has 1 amide bonds. The predicted molar refractivity (Wildman–Crippen MR) is 85.7 cm³/mol. The smallest absolute Gasteiger partial charge is 0.335 e. The molecule has 0 heterocycles. The van der Waals surface area contributed by atoms with Crippen LogP contribution in [0, 0.1) is 17.1 Å². The first kappa shape index (κ1) is 16.7. The third-order valence-corrected chi connectivity index (χ3v) is 2.96. The van der Waals surface area contributed by atoms with E-state index in [4.69, 9.17) is 10.4 Å². The van der Waals surface area contributed by atoms with Gasteiger partial charge in [-0.2, -0.15) is 5.26 Å². The second-order valence-corrected chi connectivity index (χ2v) is 4.66. The first-order valence-electron chi connectivity index (χ1n) is 6.76. The maximum atomic E-state index is 12.8. The second kappa shape index (κ2) is 7.56. The summed E-state index contributed by atoms with van der Waals surface area (Å²) in [6, 6.07) is 12.7. The van der Waals surface area contributed by atoms with E-state index in [2.05, 4.69) is 10.6 Å². The molecule has 0 unspecified atom stereocenters. The number of nitrogens with one attached hydrogen (secondary N) is 2. The van der Waals surface area contributed by atoms with Crippen molar-refractivity contribution in [2.24, 2.45) is 0 Å². The molecule has 2 aromatic rings. The number of anilines is 2. The monoisotopic (exact) mass is 325 g/mol. The lowest BCUT2D eigenvalue weighted by molar-refractivity contribution is -0.112. The minimum absolute atomic E-state index is 0.0719. The van der Waals surface area contributed by atoms with Crippen LogP contribution in [0.4, 0.5) is 15.8 Å². The number of carboxylic acids is 1. The van der Waals surface area contributed by atoms with Crippen molar-refractivity contribution in [1.82, 2.24) is 0 Å². The Bertz CT molecular complexity index is 839. The Labute approximate surface area is 136 Å². The van der Waals surface area contributed by atoms with E-state index in [1.807, 2.05) is 0 Å². The number of carbonyl (C=O) groups is 2. The Hall–Kier alpha value is -3.66. The summed E-state index contributed by atoms with van der Waals surface area (Å²) in [4.78, 5) is 22.9. The minimum atomic E-state index is -1.09. The first-order valence-corrected chi connectivity index (χ1v) is 6.76. The summed E-state index contributed by atoms with van der Waals surface area (Å²) < 4.78 is 12.8. The molecular formula is C17H12FN3O3. The van der Waals surface area contributed by atoms with Crippen LogP contribution in [-0.2, 0) is 4.79 Å². The van der Waals surface area contributed by atoms with Gasteiger partial charge in [0.25, 0.3) is 5.91 Å². The van der Waals surface area contributed by atoms with E-state index in [1.54, 1.807) is 12.1 Å². The lowest BCUT2D eigenvalue weighted by Crippen LogP contribution is -2.14. The molecule has 0 radical (unpaired) electrons. The van der Waals surface area contributed by atoms with E-state index in [0.29, 0.717) is 11.4 Å². The number of hydrogen-bond acceptors (Lipinski definition) is 4. The van der Waals surface area contributed by atoms with Gasteiger partial charge in [-0.1, -0.05) is 6.07 Å². The fraction of sp³-hybridized carbons (Fsp3) is 0. The van der Waals surface area contributed by atoms with Gasteiger partial charge in [0.2, 0.25) is 0 Å². The lowest BCUT2D eigenvalue weighted by Gasteiger charge is -2.05. The average Bonchev–Trinajstić information content (AvgIpc) is 2.57. The molecule has 0 aliphatic rings. The zero-order chi connectivity index (χ0) is 17.5.